The summed E-state index contributed by atoms with van der Waals surface area (Å²) in [4.78, 5) is 19.4. The number of piperazine rings is 1. The molecular formula is C23H35N3O4. The Morgan fingerprint density at radius 1 is 1.13 bits per heavy atom. The van der Waals surface area contributed by atoms with E-state index in [1.807, 2.05) is 4.90 Å². The fourth-order valence-electron chi connectivity index (χ4n) is 5.08. The highest BCUT2D eigenvalue weighted by molar-refractivity contribution is 5.78. The van der Waals surface area contributed by atoms with Gasteiger partial charge in [0.1, 0.15) is 11.7 Å². The fourth-order valence-corrected chi connectivity index (χ4v) is 5.08. The van der Waals surface area contributed by atoms with Crippen LogP contribution in [0, 0.1) is 6.92 Å². The Labute approximate surface area is 179 Å². The molecule has 0 radical (unpaired) electrons. The molecule has 0 saturated carbocycles. The third-order valence-corrected chi connectivity index (χ3v) is 7.15. The minimum absolute atomic E-state index is 0.144. The van der Waals surface area contributed by atoms with Crippen LogP contribution in [0.15, 0.2) is 24.3 Å². The number of carbonyl (C=O) groups excluding carboxylic acids is 1. The zero-order valence-electron chi connectivity index (χ0n) is 18.2. The zero-order valence-corrected chi connectivity index (χ0v) is 18.2. The maximum atomic E-state index is 12.9. The van der Waals surface area contributed by atoms with E-state index < -0.39 is 17.3 Å². The monoisotopic (exact) mass is 417 g/mol. The molecular weight excluding hydrogens is 382 g/mol. The van der Waals surface area contributed by atoms with E-state index in [4.69, 9.17) is 4.74 Å². The topological polar surface area (TPSA) is 76.5 Å². The number of benzene rings is 1. The van der Waals surface area contributed by atoms with Crippen molar-refractivity contribution in [3.63, 3.8) is 0 Å². The average Bonchev–Trinajstić information content (AvgIpc) is 2.73. The lowest BCUT2D eigenvalue weighted by Gasteiger charge is -2.51. The van der Waals surface area contributed by atoms with Gasteiger partial charge >= 0.3 is 0 Å². The number of aryl methyl sites for hydroxylation is 1. The maximum Gasteiger partial charge on any atom is 0.236 e. The van der Waals surface area contributed by atoms with E-state index in [2.05, 4.69) is 41.0 Å². The maximum absolute atomic E-state index is 12.9. The van der Waals surface area contributed by atoms with Crippen LogP contribution in [0.1, 0.15) is 31.7 Å². The molecule has 30 heavy (non-hydrogen) atoms. The first kappa shape index (κ1) is 21.6. The number of rotatable bonds is 3. The number of likely N-dealkylation sites (tertiary alicyclic amines) is 1. The van der Waals surface area contributed by atoms with Gasteiger partial charge in [-0.3, -0.25) is 9.69 Å². The van der Waals surface area contributed by atoms with Crippen LogP contribution < -0.4 is 4.90 Å². The summed E-state index contributed by atoms with van der Waals surface area (Å²) in [5.74, 6) is 0.144. The number of nitrogens with zero attached hydrogens (tertiary/aromatic N) is 3. The second kappa shape index (κ2) is 8.46. The van der Waals surface area contributed by atoms with E-state index in [1.54, 1.807) is 6.92 Å². The van der Waals surface area contributed by atoms with E-state index in [-0.39, 0.29) is 5.91 Å². The van der Waals surface area contributed by atoms with E-state index in [0.29, 0.717) is 45.5 Å². The molecule has 4 rings (SSSR count). The molecule has 0 aliphatic carbocycles. The molecule has 1 amide bonds. The number of aliphatic hydroxyl groups is 2. The van der Waals surface area contributed by atoms with Gasteiger partial charge in [-0.05, 0) is 44.4 Å². The molecule has 3 aliphatic heterocycles. The van der Waals surface area contributed by atoms with E-state index >= 15 is 0 Å². The summed E-state index contributed by atoms with van der Waals surface area (Å²) >= 11 is 0. The van der Waals surface area contributed by atoms with Gasteiger partial charge in [0.05, 0.1) is 18.8 Å². The summed E-state index contributed by atoms with van der Waals surface area (Å²) in [6.07, 6.45) is 0.660. The first-order valence-electron chi connectivity index (χ1n) is 11.2. The van der Waals surface area contributed by atoms with Crippen LogP contribution in [0.5, 0.6) is 0 Å². The zero-order chi connectivity index (χ0) is 21.4. The van der Waals surface area contributed by atoms with Crippen LogP contribution in [-0.2, 0) is 9.53 Å². The van der Waals surface area contributed by atoms with Gasteiger partial charge in [-0.15, -0.1) is 0 Å². The summed E-state index contributed by atoms with van der Waals surface area (Å²) in [6.45, 7) is 9.41. The Hall–Kier alpha value is -1.67. The summed E-state index contributed by atoms with van der Waals surface area (Å²) in [6, 6.07) is 8.57. The number of hydrogen-bond acceptors (Lipinski definition) is 6. The average molecular weight is 418 g/mol. The predicted molar refractivity (Wildman–Crippen MR) is 116 cm³/mol. The molecule has 2 atom stereocenters. The molecule has 166 valence electrons. The highest BCUT2D eigenvalue weighted by Gasteiger charge is 2.52. The number of carbonyl (C=O) groups is 1. The molecule has 0 unspecified atom stereocenters. The van der Waals surface area contributed by atoms with Crippen molar-refractivity contribution in [2.75, 3.05) is 57.3 Å². The molecule has 0 aromatic heterocycles. The second-order valence-electron chi connectivity index (χ2n) is 9.41. The Morgan fingerprint density at radius 3 is 2.50 bits per heavy atom. The van der Waals surface area contributed by atoms with E-state index in [9.17, 15) is 15.0 Å². The number of amides is 1. The van der Waals surface area contributed by atoms with Gasteiger partial charge in [0.25, 0.3) is 0 Å². The first-order chi connectivity index (χ1) is 14.3. The minimum atomic E-state index is -1.12. The molecule has 3 heterocycles. The van der Waals surface area contributed by atoms with Crippen LogP contribution in [0.4, 0.5) is 5.69 Å². The van der Waals surface area contributed by atoms with Crippen LogP contribution in [0.25, 0.3) is 0 Å². The van der Waals surface area contributed by atoms with Crippen molar-refractivity contribution in [1.29, 1.82) is 0 Å². The smallest absolute Gasteiger partial charge is 0.236 e. The Balaban J connectivity index is 1.26. The van der Waals surface area contributed by atoms with Gasteiger partial charge in [-0.1, -0.05) is 12.1 Å². The largest absolute Gasteiger partial charge is 0.387 e. The molecule has 3 saturated heterocycles. The molecule has 3 fully saturated rings. The fraction of sp³-hybridized carbons (Fsp3) is 0.696. The lowest BCUT2D eigenvalue weighted by Crippen LogP contribution is -2.64. The van der Waals surface area contributed by atoms with Crippen LogP contribution >= 0.6 is 0 Å². The quantitative estimate of drug-likeness (QED) is 0.765. The molecule has 0 bridgehead atoms. The van der Waals surface area contributed by atoms with Gasteiger partial charge < -0.3 is 24.7 Å². The third kappa shape index (κ3) is 4.35. The highest BCUT2D eigenvalue weighted by Crippen LogP contribution is 2.39. The van der Waals surface area contributed by atoms with Gasteiger partial charge in [-0.25, -0.2) is 0 Å². The minimum Gasteiger partial charge on any atom is -0.387 e. The van der Waals surface area contributed by atoms with Crippen molar-refractivity contribution in [3.8, 4) is 0 Å². The third-order valence-electron chi connectivity index (χ3n) is 7.15. The van der Waals surface area contributed by atoms with Crippen molar-refractivity contribution < 1.29 is 19.7 Å². The first-order valence-corrected chi connectivity index (χ1v) is 11.2. The Bertz CT molecular complexity index is 753. The Morgan fingerprint density at radius 2 is 1.83 bits per heavy atom. The van der Waals surface area contributed by atoms with Crippen molar-refractivity contribution >= 4 is 11.6 Å². The molecule has 1 aromatic rings. The van der Waals surface area contributed by atoms with Crippen molar-refractivity contribution in [2.45, 2.75) is 50.4 Å². The van der Waals surface area contributed by atoms with Crippen LogP contribution in [0.2, 0.25) is 0 Å². The van der Waals surface area contributed by atoms with Gasteiger partial charge in [-0.2, -0.15) is 0 Å². The van der Waals surface area contributed by atoms with Crippen LogP contribution in [-0.4, -0.2) is 95.6 Å². The van der Waals surface area contributed by atoms with Gasteiger partial charge in [0.2, 0.25) is 5.91 Å². The number of anilines is 1. The standard InChI is InChI=1S/C23H35N3O4/c1-18-4-3-5-19(16-18)25-13-11-24(12-14-25)17-20(27)26-9-6-23(7-10-26)21(28)22(2,29)8-15-30-23/h3-5,16,21,28-29H,6-15,17H2,1-2H3/t21-,22+/m0/s1. The second-order valence-corrected chi connectivity index (χ2v) is 9.41. The lowest BCUT2D eigenvalue weighted by atomic mass is 9.75. The summed E-state index contributed by atoms with van der Waals surface area (Å²) < 4.78 is 5.93. The van der Waals surface area contributed by atoms with Crippen molar-refractivity contribution in [2.24, 2.45) is 0 Å². The molecule has 2 N–H and O–H groups in total. The van der Waals surface area contributed by atoms with Crippen LogP contribution in [0.3, 0.4) is 0 Å². The number of ether oxygens (including phenoxy) is 1. The summed E-state index contributed by atoms with van der Waals surface area (Å²) in [5.41, 5.74) is 0.671. The predicted octanol–water partition coefficient (Wildman–Crippen LogP) is 1.01. The number of hydrogen-bond donors (Lipinski definition) is 2. The molecule has 3 aliphatic rings. The lowest BCUT2D eigenvalue weighted by molar-refractivity contribution is -0.245. The molecule has 7 heteroatoms. The SMILES string of the molecule is Cc1cccc(N2CCN(CC(=O)N3CCC4(CC3)OCC[C@@](C)(O)[C@@H]4O)CC2)c1. The van der Waals surface area contributed by atoms with Crippen molar-refractivity contribution in [3.05, 3.63) is 29.8 Å². The van der Waals surface area contributed by atoms with Crippen molar-refractivity contribution in [1.82, 2.24) is 9.80 Å². The Kier molecular flexibility index (Phi) is 6.08. The number of aliphatic hydroxyl groups excluding tert-OH is 1. The van der Waals surface area contributed by atoms with E-state index in [0.717, 1.165) is 26.2 Å². The molecule has 7 nitrogen and oxygen atoms in total. The highest BCUT2D eigenvalue weighted by atomic mass is 16.5. The summed E-state index contributed by atoms with van der Waals surface area (Å²) in [5, 5.41) is 21.1. The molecule has 1 aromatic carbocycles. The normalized spacial score (nSPS) is 29.9. The molecule has 1 spiro atoms. The van der Waals surface area contributed by atoms with E-state index in [1.165, 1.54) is 11.3 Å². The number of piperidine rings is 1. The summed E-state index contributed by atoms with van der Waals surface area (Å²) in [7, 11) is 0. The van der Waals surface area contributed by atoms with Gasteiger partial charge in [0.15, 0.2) is 0 Å². The van der Waals surface area contributed by atoms with Gasteiger partial charge in [0, 0.05) is 51.4 Å².